The number of nitrogens with zero attached hydrogens (tertiary/aromatic N) is 2. The van der Waals surface area contributed by atoms with Crippen LogP contribution in [0.2, 0.25) is 5.02 Å². The molecule has 1 aromatic carbocycles. The van der Waals surface area contributed by atoms with E-state index in [0.717, 1.165) is 18.2 Å². The fourth-order valence-corrected chi connectivity index (χ4v) is 1.52. The van der Waals surface area contributed by atoms with E-state index >= 15 is 0 Å². The van der Waals surface area contributed by atoms with Crippen molar-refractivity contribution in [3.63, 3.8) is 0 Å². The van der Waals surface area contributed by atoms with Gasteiger partial charge in [-0.3, -0.25) is 0 Å². The molecule has 0 fully saturated rings. The van der Waals surface area contributed by atoms with E-state index in [1.807, 2.05) is 0 Å². The van der Waals surface area contributed by atoms with E-state index < -0.39 is 11.7 Å². The van der Waals surface area contributed by atoms with Crippen LogP contribution in [-0.2, 0) is 12.7 Å². The topological polar surface area (TPSA) is 64.9 Å². The summed E-state index contributed by atoms with van der Waals surface area (Å²) in [5.74, 6) is 0.102. The summed E-state index contributed by atoms with van der Waals surface area (Å²) in [5.41, 5.74) is 4.49. The first-order chi connectivity index (χ1) is 8.41. The van der Waals surface area contributed by atoms with Crippen molar-refractivity contribution >= 4 is 24.0 Å². The molecule has 0 amide bonds. The highest BCUT2D eigenvalue weighted by molar-refractivity contribution is 6.33. The molecule has 0 aliphatic carbocycles. The Morgan fingerprint density at radius 3 is 2.53 bits per heavy atom. The number of nitrogens with two attached hydrogens (primary N) is 1. The Bertz CT molecular complexity index is 571. The molecule has 1 heterocycles. The van der Waals surface area contributed by atoms with Gasteiger partial charge >= 0.3 is 6.18 Å². The van der Waals surface area contributed by atoms with Crippen LogP contribution < -0.4 is 5.73 Å². The number of aromatic nitrogens is 2. The maximum Gasteiger partial charge on any atom is 0.416 e. The summed E-state index contributed by atoms with van der Waals surface area (Å²) in [5, 5.41) is 3.63. The lowest BCUT2D eigenvalue weighted by Gasteiger charge is -2.08. The molecule has 1 aromatic heterocycles. The van der Waals surface area contributed by atoms with Gasteiger partial charge in [-0.25, -0.2) is 0 Å². The monoisotopic (exact) mass is 313 g/mol. The third kappa shape index (κ3) is 3.37. The van der Waals surface area contributed by atoms with Gasteiger partial charge in [0.25, 0.3) is 0 Å². The van der Waals surface area contributed by atoms with Gasteiger partial charge in [-0.05, 0) is 18.2 Å². The van der Waals surface area contributed by atoms with Crippen LogP contribution in [0.1, 0.15) is 11.5 Å². The average Bonchev–Trinajstić information content (AvgIpc) is 2.76. The van der Waals surface area contributed by atoms with Gasteiger partial charge in [0.1, 0.15) is 0 Å². The van der Waals surface area contributed by atoms with Gasteiger partial charge in [-0.1, -0.05) is 16.8 Å². The van der Waals surface area contributed by atoms with Crippen molar-refractivity contribution in [2.45, 2.75) is 12.7 Å². The van der Waals surface area contributed by atoms with Crippen molar-refractivity contribution in [3.05, 3.63) is 34.7 Å². The van der Waals surface area contributed by atoms with E-state index in [-0.39, 0.29) is 41.3 Å². The number of alkyl halides is 3. The van der Waals surface area contributed by atoms with E-state index in [1.54, 1.807) is 0 Å². The molecule has 0 aliphatic rings. The molecule has 2 aromatic rings. The van der Waals surface area contributed by atoms with Crippen LogP contribution in [0.5, 0.6) is 0 Å². The lowest BCUT2D eigenvalue weighted by atomic mass is 10.1. The maximum atomic E-state index is 12.6. The average molecular weight is 314 g/mol. The van der Waals surface area contributed by atoms with Crippen molar-refractivity contribution in [1.29, 1.82) is 0 Å². The van der Waals surface area contributed by atoms with Crippen LogP contribution in [0.4, 0.5) is 13.2 Å². The smallest absolute Gasteiger partial charge is 0.338 e. The Hall–Kier alpha value is -1.31. The summed E-state index contributed by atoms with van der Waals surface area (Å²) >= 11 is 5.81. The summed E-state index contributed by atoms with van der Waals surface area (Å²) in [6.07, 6.45) is -4.46. The van der Waals surface area contributed by atoms with Gasteiger partial charge in [0, 0.05) is 5.56 Å². The first-order valence-corrected chi connectivity index (χ1v) is 5.19. The Labute approximate surface area is 117 Å². The quantitative estimate of drug-likeness (QED) is 0.924. The molecule has 0 unspecified atom stereocenters. The predicted molar refractivity (Wildman–Crippen MR) is 64.9 cm³/mol. The van der Waals surface area contributed by atoms with Crippen molar-refractivity contribution in [1.82, 2.24) is 10.1 Å². The van der Waals surface area contributed by atoms with E-state index in [9.17, 15) is 13.2 Å². The molecule has 0 radical (unpaired) electrons. The number of hydrogen-bond acceptors (Lipinski definition) is 4. The zero-order valence-corrected chi connectivity index (χ0v) is 10.8. The highest BCUT2D eigenvalue weighted by Crippen LogP contribution is 2.34. The van der Waals surface area contributed by atoms with Gasteiger partial charge in [0.15, 0.2) is 0 Å². The fraction of sp³-hybridized carbons (Fsp3) is 0.200. The molecular formula is C10H8Cl2F3N3O. The second kappa shape index (κ2) is 5.77. The summed E-state index contributed by atoms with van der Waals surface area (Å²) in [6, 6.07) is 2.89. The van der Waals surface area contributed by atoms with E-state index in [0.29, 0.717) is 0 Å². The second-order valence-corrected chi connectivity index (χ2v) is 3.82. The predicted octanol–water partition coefficient (Wildman–Crippen LogP) is 3.29. The van der Waals surface area contributed by atoms with E-state index in [2.05, 4.69) is 10.1 Å². The highest BCUT2D eigenvalue weighted by Gasteiger charge is 2.31. The Morgan fingerprint density at radius 1 is 1.32 bits per heavy atom. The van der Waals surface area contributed by atoms with E-state index in [4.69, 9.17) is 21.9 Å². The highest BCUT2D eigenvalue weighted by atomic mass is 35.5. The lowest BCUT2D eigenvalue weighted by molar-refractivity contribution is -0.137. The van der Waals surface area contributed by atoms with Crippen molar-refractivity contribution in [2.24, 2.45) is 5.73 Å². The van der Waals surface area contributed by atoms with Crippen molar-refractivity contribution < 1.29 is 17.7 Å². The molecule has 2 rings (SSSR count). The molecule has 0 spiro atoms. The van der Waals surface area contributed by atoms with Crippen LogP contribution in [0.25, 0.3) is 11.4 Å². The minimum absolute atomic E-state index is 0. The molecular weight excluding hydrogens is 306 g/mol. The molecule has 0 aliphatic heterocycles. The molecule has 0 atom stereocenters. The standard InChI is InChI=1S/C10H7ClF3N3O.ClH/c11-7-2-1-5(10(12,13)14)3-6(7)9-16-8(4-15)18-17-9;/h1-3H,4,15H2;1H. The lowest BCUT2D eigenvalue weighted by Crippen LogP contribution is -2.05. The zero-order chi connectivity index (χ0) is 13.3. The largest absolute Gasteiger partial charge is 0.416 e. The first kappa shape index (κ1) is 15.7. The van der Waals surface area contributed by atoms with Crippen LogP contribution in [-0.4, -0.2) is 10.1 Å². The summed E-state index contributed by atoms with van der Waals surface area (Å²) in [7, 11) is 0. The fourth-order valence-electron chi connectivity index (χ4n) is 1.32. The van der Waals surface area contributed by atoms with Gasteiger partial charge in [0.2, 0.25) is 11.7 Å². The first-order valence-electron chi connectivity index (χ1n) is 4.81. The molecule has 19 heavy (non-hydrogen) atoms. The molecule has 104 valence electrons. The molecule has 0 saturated heterocycles. The number of halogens is 5. The Kier molecular flexibility index (Phi) is 4.78. The Balaban J connectivity index is 0.00000180. The summed E-state index contributed by atoms with van der Waals surface area (Å²) < 4.78 is 42.4. The maximum absolute atomic E-state index is 12.6. The van der Waals surface area contributed by atoms with Crippen LogP contribution in [0, 0.1) is 0 Å². The Morgan fingerprint density at radius 2 is 2.00 bits per heavy atom. The van der Waals surface area contributed by atoms with Crippen molar-refractivity contribution in [3.8, 4) is 11.4 Å². The van der Waals surface area contributed by atoms with Gasteiger partial charge in [-0.2, -0.15) is 18.2 Å². The minimum atomic E-state index is -4.46. The van der Waals surface area contributed by atoms with Crippen LogP contribution in [0.15, 0.2) is 22.7 Å². The molecule has 0 saturated carbocycles. The molecule has 2 N–H and O–H groups in total. The second-order valence-electron chi connectivity index (χ2n) is 3.41. The van der Waals surface area contributed by atoms with Crippen molar-refractivity contribution in [2.75, 3.05) is 0 Å². The SMILES string of the molecule is Cl.NCc1nc(-c2cc(C(F)(F)F)ccc2Cl)no1. The summed E-state index contributed by atoms with van der Waals surface area (Å²) in [6.45, 7) is 0.00355. The molecule has 4 nitrogen and oxygen atoms in total. The van der Waals surface area contributed by atoms with Gasteiger partial charge in [-0.15, -0.1) is 12.4 Å². The van der Waals surface area contributed by atoms with Gasteiger partial charge < -0.3 is 10.3 Å². The summed E-state index contributed by atoms with van der Waals surface area (Å²) in [4.78, 5) is 3.83. The number of benzene rings is 1. The zero-order valence-electron chi connectivity index (χ0n) is 9.24. The van der Waals surface area contributed by atoms with E-state index in [1.165, 1.54) is 0 Å². The third-order valence-electron chi connectivity index (χ3n) is 2.18. The minimum Gasteiger partial charge on any atom is -0.338 e. The number of hydrogen-bond donors (Lipinski definition) is 1. The van der Waals surface area contributed by atoms with Crippen LogP contribution >= 0.6 is 24.0 Å². The van der Waals surface area contributed by atoms with Gasteiger partial charge in [0.05, 0.1) is 17.1 Å². The van der Waals surface area contributed by atoms with Crippen LogP contribution in [0.3, 0.4) is 0 Å². The number of rotatable bonds is 2. The normalized spacial score (nSPS) is 11.2. The molecule has 9 heteroatoms. The third-order valence-corrected chi connectivity index (χ3v) is 2.51. The molecule has 0 bridgehead atoms.